The molecular weight excluding hydrogens is 765 g/mol. The van der Waals surface area contributed by atoms with Gasteiger partial charge in [0, 0.05) is 27.5 Å². The summed E-state index contributed by atoms with van der Waals surface area (Å²) in [5, 5.41) is 27.6. The monoisotopic (exact) mass is 804 g/mol. The highest BCUT2D eigenvalue weighted by Crippen LogP contribution is 2.33. The second-order valence-electron chi connectivity index (χ2n) is 14.4. The van der Waals surface area contributed by atoms with Crippen molar-refractivity contribution in [2.75, 3.05) is 6.54 Å². The highest BCUT2D eigenvalue weighted by Gasteiger charge is 2.11. The van der Waals surface area contributed by atoms with E-state index < -0.39 is 18.5 Å². The molecule has 2 N–H and O–H groups in total. The van der Waals surface area contributed by atoms with Gasteiger partial charge in [0.15, 0.2) is 0 Å². The number of hydrogen-bond acceptors (Lipinski definition) is 6. The largest absolute Gasteiger partial charge is 0.477 e. The van der Waals surface area contributed by atoms with E-state index in [9.17, 15) is 14.4 Å². The van der Waals surface area contributed by atoms with Gasteiger partial charge in [-0.15, -0.1) is 0 Å². The maximum atomic E-state index is 11.0. The molecule has 0 amide bonds. The number of furan rings is 2. The van der Waals surface area contributed by atoms with Gasteiger partial charge in [0.1, 0.15) is 40.6 Å². The molecule has 0 aliphatic rings. The summed E-state index contributed by atoms with van der Waals surface area (Å²) < 4.78 is 11.9. The van der Waals surface area contributed by atoms with Crippen LogP contribution in [0.15, 0.2) is 148 Å². The van der Waals surface area contributed by atoms with Crippen molar-refractivity contribution in [3.05, 3.63) is 184 Å². The Balaban J connectivity index is 0.000000182. The number of nitrogens with zero attached hydrogens (tertiary/aromatic N) is 2. The Hall–Kier alpha value is -8.27. The number of rotatable bonds is 8. The number of aryl methyl sites for hydroxylation is 4. The summed E-state index contributed by atoms with van der Waals surface area (Å²) in [6.45, 7) is 14.0. The third kappa shape index (κ3) is 10.4. The first kappa shape index (κ1) is 42.3. The van der Waals surface area contributed by atoms with Crippen LogP contribution in [0.4, 0.5) is 0 Å². The Morgan fingerprint density at radius 2 is 1.02 bits per heavy atom. The van der Waals surface area contributed by atoms with E-state index in [1.165, 1.54) is 45.0 Å². The van der Waals surface area contributed by atoms with Crippen LogP contribution in [0, 0.1) is 45.6 Å². The molecule has 300 valence electrons. The number of carboxylic acids is 2. The fraction of sp³-hybridized carbons (Fsp3) is 0.0962. The number of aliphatic carboxylic acids is 2. The molecule has 0 spiro atoms. The van der Waals surface area contributed by atoms with Crippen LogP contribution in [0.5, 0.6) is 0 Å². The van der Waals surface area contributed by atoms with Crippen LogP contribution in [0.3, 0.4) is 0 Å². The van der Waals surface area contributed by atoms with Crippen molar-refractivity contribution in [3.63, 3.8) is 0 Å². The molecule has 2 aromatic heterocycles. The molecule has 2 heterocycles. The molecule has 8 aromatic rings. The summed E-state index contributed by atoms with van der Waals surface area (Å²) in [7, 11) is 0. The van der Waals surface area contributed by atoms with E-state index in [4.69, 9.17) is 30.9 Å². The minimum absolute atomic E-state index is 0.317. The van der Waals surface area contributed by atoms with Crippen molar-refractivity contribution < 1.29 is 33.4 Å². The summed E-state index contributed by atoms with van der Waals surface area (Å²) in [5.74, 6) is -0.771. The van der Waals surface area contributed by atoms with Crippen LogP contribution in [0.1, 0.15) is 38.2 Å². The van der Waals surface area contributed by atoms with Gasteiger partial charge in [-0.3, -0.25) is 4.79 Å². The molecule has 6 aromatic carbocycles. The number of carboxylic acid groups (broad SMARTS) is 2. The molecule has 0 saturated heterocycles. The lowest BCUT2D eigenvalue weighted by Crippen LogP contribution is -1.97. The highest BCUT2D eigenvalue weighted by atomic mass is 16.4. The van der Waals surface area contributed by atoms with E-state index >= 15 is 0 Å². The van der Waals surface area contributed by atoms with Gasteiger partial charge in [-0.25, -0.2) is 16.2 Å². The SMILES string of the molecule is Cc1ccc(-c2ccc(-c3cc4ccc(/C=C(/C#N)C(=O)O)cc4o3)cc2)cc1C.Cc1ccc(-c2ccc(-c3cc4ccc(C=O)cc4o3)cc2)cc1C.[C-]#[N+]CC(=O)O. The normalized spacial score (nSPS) is 10.8. The minimum atomic E-state index is -1.25. The summed E-state index contributed by atoms with van der Waals surface area (Å²) >= 11 is 0. The number of fused-ring (bicyclic) bond motifs is 2. The Bertz CT molecular complexity index is 3030. The van der Waals surface area contributed by atoms with Crippen LogP contribution in [-0.2, 0) is 9.59 Å². The van der Waals surface area contributed by atoms with E-state index in [-0.39, 0.29) is 5.57 Å². The standard InChI is InChI=1S/C26H19NO3.C23H18O2.C3H3NO2/c1-16-3-5-21(11-17(16)2)19-7-9-20(10-8-19)25-14-22-6-4-18(13-24(22)30-25)12-23(15-27)26(28)29;1-15-3-5-20(11-16(15)2)18-7-9-19(10-8-18)23-13-21-6-4-17(14-24)12-22(21)25-23;1-4-2-3(5)6/h3-14H,1-2H3,(H,28,29);3-14H,1-2H3;2H2,(H,5,6)/b23-12-;;. The van der Waals surface area contributed by atoms with Crippen LogP contribution in [0.2, 0.25) is 0 Å². The molecule has 0 atom stereocenters. The molecule has 0 bridgehead atoms. The second-order valence-corrected chi connectivity index (χ2v) is 14.4. The summed E-state index contributed by atoms with van der Waals surface area (Å²) in [4.78, 5) is 33.9. The fourth-order valence-electron chi connectivity index (χ4n) is 6.42. The predicted octanol–water partition coefficient (Wildman–Crippen LogP) is 12.6. The minimum Gasteiger partial charge on any atom is -0.477 e. The Morgan fingerprint density at radius 3 is 1.39 bits per heavy atom. The van der Waals surface area contributed by atoms with E-state index in [1.807, 2.05) is 36.4 Å². The fourth-order valence-corrected chi connectivity index (χ4v) is 6.42. The van der Waals surface area contributed by atoms with E-state index in [1.54, 1.807) is 30.3 Å². The Morgan fingerprint density at radius 1 is 0.590 bits per heavy atom. The molecule has 0 radical (unpaired) electrons. The predicted molar refractivity (Wildman–Crippen MR) is 239 cm³/mol. The average Bonchev–Trinajstić information content (AvgIpc) is 3.89. The first-order chi connectivity index (χ1) is 29.3. The third-order valence-electron chi connectivity index (χ3n) is 10.1. The summed E-state index contributed by atoms with van der Waals surface area (Å²) in [6, 6.07) is 46.1. The molecule has 9 nitrogen and oxygen atoms in total. The van der Waals surface area contributed by atoms with E-state index in [0.717, 1.165) is 50.9 Å². The molecule has 0 unspecified atom stereocenters. The first-order valence-corrected chi connectivity index (χ1v) is 19.1. The van der Waals surface area contributed by atoms with E-state index in [0.29, 0.717) is 16.7 Å². The summed E-state index contributed by atoms with van der Waals surface area (Å²) in [5.41, 5.74) is 14.1. The van der Waals surface area contributed by atoms with Gasteiger partial charge in [0.05, 0.1) is 0 Å². The molecule has 9 heteroatoms. The summed E-state index contributed by atoms with van der Waals surface area (Å²) in [6.07, 6.45) is 2.17. The van der Waals surface area contributed by atoms with Gasteiger partial charge >= 0.3 is 18.5 Å². The van der Waals surface area contributed by atoms with Gasteiger partial charge in [0.2, 0.25) is 0 Å². The van der Waals surface area contributed by atoms with Crippen LogP contribution in [-0.4, -0.2) is 35.0 Å². The highest BCUT2D eigenvalue weighted by molar-refractivity contribution is 5.97. The number of benzene rings is 6. The van der Waals surface area contributed by atoms with Crippen molar-refractivity contribution in [1.82, 2.24) is 0 Å². The van der Waals surface area contributed by atoms with Crippen LogP contribution < -0.4 is 0 Å². The van der Waals surface area contributed by atoms with Gasteiger partial charge < -0.3 is 23.9 Å². The zero-order valence-corrected chi connectivity index (χ0v) is 33.9. The topological polar surface area (TPSA) is 146 Å². The lowest BCUT2D eigenvalue weighted by molar-refractivity contribution is -0.135. The molecule has 0 aliphatic carbocycles. The number of aldehydes is 1. The van der Waals surface area contributed by atoms with Crippen molar-refractivity contribution >= 4 is 46.2 Å². The average molecular weight is 805 g/mol. The number of nitriles is 1. The van der Waals surface area contributed by atoms with Crippen molar-refractivity contribution in [2.45, 2.75) is 27.7 Å². The number of carbonyl (C=O) groups excluding carboxylic acids is 1. The van der Waals surface area contributed by atoms with Crippen molar-refractivity contribution in [1.29, 1.82) is 5.26 Å². The Kier molecular flexibility index (Phi) is 13.2. The first-order valence-electron chi connectivity index (χ1n) is 19.1. The third-order valence-corrected chi connectivity index (χ3v) is 10.1. The molecule has 0 aliphatic heterocycles. The number of hydrogen-bond donors (Lipinski definition) is 2. The van der Waals surface area contributed by atoms with Gasteiger partial charge in [-0.2, -0.15) is 5.26 Å². The zero-order chi connectivity index (χ0) is 43.6. The van der Waals surface area contributed by atoms with Gasteiger partial charge in [-0.05, 0) is 108 Å². The quantitative estimate of drug-likeness (QED) is 0.0668. The van der Waals surface area contributed by atoms with Crippen molar-refractivity contribution in [3.8, 4) is 51.0 Å². The molecule has 8 rings (SSSR count). The second kappa shape index (κ2) is 19.0. The maximum absolute atomic E-state index is 11.0. The van der Waals surface area contributed by atoms with Gasteiger partial charge in [-0.1, -0.05) is 109 Å². The van der Waals surface area contributed by atoms with Crippen LogP contribution in [0.25, 0.3) is 77.8 Å². The Labute approximate surface area is 352 Å². The molecule has 0 fully saturated rings. The van der Waals surface area contributed by atoms with Crippen molar-refractivity contribution in [2.24, 2.45) is 0 Å². The van der Waals surface area contributed by atoms with E-state index in [2.05, 4.69) is 105 Å². The van der Waals surface area contributed by atoms with Crippen LogP contribution >= 0.6 is 0 Å². The smallest absolute Gasteiger partial charge is 0.384 e. The zero-order valence-electron chi connectivity index (χ0n) is 33.9. The molecule has 61 heavy (non-hydrogen) atoms. The molecular formula is C52H40N2O7. The lowest BCUT2D eigenvalue weighted by Gasteiger charge is -2.06. The molecule has 0 saturated carbocycles. The maximum Gasteiger partial charge on any atom is 0.384 e. The number of carbonyl (C=O) groups is 3. The lowest BCUT2D eigenvalue weighted by atomic mass is 9.99. The van der Waals surface area contributed by atoms with Gasteiger partial charge in [0.25, 0.3) is 0 Å².